The lowest BCUT2D eigenvalue weighted by atomic mass is 10.1. The molecule has 0 saturated carbocycles. The highest BCUT2D eigenvalue weighted by atomic mass is 16.5. The fourth-order valence-corrected chi connectivity index (χ4v) is 2.31. The second-order valence-electron chi connectivity index (χ2n) is 4.84. The zero-order valence-electron chi connectivity index (χ0n) is 11.6. The fraction of sp³-hybridized carbons (Fsp3) is 0.429. The molecule has 1 aliphatic rings. The zero-order valence-corrected chi connectivity index (χ0v) is 11.6. The molecule has 106 valence electrons. The van der Waals surface area contributed by atoms with Crippen molar-refractivity contribution in [1.29, 1.82) is 0 Å². The number of H-pyrrole nitrogens is 1. The molecule has 6 heteroatoms. The molecule has 1 saturated heterocycles. The number of ether oxygens (including phenoxy) is 1. The van der Waals surface area contributed by atoms with Gasteiger partial charge in [0.05, 0.1) is 7.11 Å². The SMILES string of the molecule is COc1ccc(Cc2nc(N3CCNCC3)n[nH]2)cc1. The number of aromatic amines is 1. The lowest BCUT2D eigenvalue weighted by Crippen LogP contribution is -2.44. The number of aromatic nitrogens is 3. The number of benzene rings is 1. The van der Waals surface area contributed by atoms with Gasteiger partial charge in [-0.15, -0.1) is 5.10 Å². The summed E-state index contributed by atoms with van der Waals surface area (Å²) in [5, 5.41) is 10.7. The molecule has 0 bridgehead atoms. The Morgan fingerprint density at radius 3 is 2.65 bits per heavy atom. The van der Waals surface area contributed by atoms with Crippen LogP contribution in [0.3, 0.4) is 0 Å². The summed E-state index contributed by atoms with van der Waals surface area (Å²) >= 11 is 0. The average molecular weight is 273 g/mol. The van der Waals surface area contributed by atoms with Crippen molar-refractivity contribution < 1.29 is 4.74 Å². The molecule has 1 aromatic heterocycles. The van der Waals surface area contributed by atoms with Crippen LogP contribution in [0.4, 0.5) is 5.95 Å². The number of methoxy groups -OCH3 is 1. The minimum Gasteiger partial charge on any atom is -0.497 e. The monoisotopic (exact) mass is 273 g/mol. The fourth-order valence-electron chi connectivity index (χ4n) is 2.31. The van der Waals surface area contributed by atoms with E-state index in [2.05, 4.69) is 25.4 Å². The normalized spacial score (nSPS) is 15.3. The topological polar surface area (TPSA) is 66.1 Å². The van der Waals surface area contributed by atoms with E-state index < -0.39 is 0 Å². The number of nitrogens with one attached hydrogen (secondary N) is 2. The van der Waals surface area contributed by atoms with Crippen molar-refractivity contribution in [3.8, 4) is 5.75 Å². The van der Waals surface area contributed by atoms with Gasteiger partial charge >= 0.3 is 0 Å². The Balaban J connectivity index is 1.66. The van der Waals surface area contributed by atoms with Crippen LogP contribution in [-0.4, -0.2) is 48.5 Å². The maximum atomic E-state index is 5.15. The second kappa shape index (κ2) is 5.92. The van der Waals surface area contributed by atoms with Crippen molar-refractivity contribution in [1.82, 2.24) is 20.5 Å². The minimum absolute atomic E-state index is 0.753. The number of hydrogen-bond donors (Lipinski definition) is 2. The van der Waals surface area contributed by atoms with E-state index in [4.69, 9.17) is 4.74 Å². The first-order valence-electron chi connectivity index (χ1n) is 6.85. The number of anilines is 1. The van der Waals surface area contributed by atoms with Crippen molar-refractivity contribution in [3.05, 3.63) is 35.7 Å². The van der Waals surface area contributed by atoms with E-state index in [9.17, 15) is 0 Å². The maximum absolute atomic E-state index is 5.15. The summed E-state index contributed by atoms with van der Waals surface area (Å²) in [5.74, 6) is 2.56. The second-order valence-corrected chi connectivity index (χ2v) is 4.84. The number of piperazine rings is 1. The molecule has 0 spiro atoms. The maximum Gasteiger partial charge on any atom is 0.244 e. The van der Waals surface area contributed by atoms with Crippen LogP contribution in [0.1, 0.15) is 11.4 Å². The zero-order chi connectivity index (χ0) is 13.8. The van der Waals surface area contributed by atoms with Gasteiger partial charge in [0.25, 0.3) is 0 Å². The Hall–Kier alpha value is -2.08. The Kier molecular flexibility index (Phi) is 3.83. The minimum atomic E-state index is 0.753. The Labute approximate surface area is 118 Å². The number of nitrogens with zero attached hydrogens (tertiary/aromatic N) is 3. The van der Waals surface area contributed by atoms with Crippen molar-refractivity contribution in [3.63, 3.8) is 0 Å². The molecule has 3 rings (SSSR count). The molecule has 0 unspecified atom stereocenters. The van der Waals surface area contributed by atoms with E-state index in [0.29, 0.717) is 0 Å². The lowest BCUT2D eigenvalue weighted by Gasteiger charge is -2.25. The number of hydrogen-bond acceptors (Lipinski definition) is 5. The molecule has 1 fully saturated rings. The summed E-state index contributed by atoms with van der Waals surface area (Å²) in [4.78, 5) is 6.77. The molecule has 0 atom stereocenters. The molecule has 0 radical (unpaired) electrons. The first-order chi connectivity index (χ1) is 9.85. The van der Waals surface area contributed by atoms with E-state index in [-0.39, 0.29) is 0 Å². The van der Waals surface area contributed by atoms with Gasteiger partial charge < -0.3 is 15.0 Å². The van der Waals surface area contributed by atoms with Crippen LogP contribution in [0.15, 0.2) is 24.3 Å². The van der Waals surface area contributed by atoms with Crippen LogP contribution in [0.2, 0.25) is 0 Å². The number of rotatable bonds is 4. The molecule has 0 aliphatic carbocycles. The highest BCUT2D eigenvalue weighted by molar-refractivity contribution is 5.32. The van der Waals surface area contributed by atoms with Crippen molar-refractivity contribution in [2.75, 3.05) is 38.2 Å². The largest absolute Gasteiger partial charge is 0.497 e. The molecule has 20 heavy (non-hydrogen) atoms. The van der Waals surface area contributed by atoms with E-state index in [1.165, 1.54) is 5.56 Å². The molecule has 6 nitrogen and oxygen atoms in total. The molecule has 2 N–H and O–H groups in total. The van der Waals surface area contributed by atoms with Gasteiger partial charge in [-0.2, -0.15) is 4.98 Å². The quantitative estimate of drug-likeness (QED) is 0.863. The van der Waals surface area contributed by atoms with Gasteiger partial charge in [0, 0.05) is 32.6 Å². The van der Waals surface area contributed by atoms with Crippen LogP contribution >= 0.6 is 0 Å². The third kappa shape index (κ3) is 2.91. The summed E-state index contributed by atoms with van der Waals surface area (Å²) in [5.41, 5.74) is 1.19. The third-order valence-electron chi connectivity index (χ3n) is 3.45. The molecular formula is C14H19N5O. The smallest absolute Gasteiger partial charge is 0.244 e. The third-order valence-corrected chi connectivity index (χ3v) is 3.45. The first kappa shape index (κ1) is 12.9. The summed E-state index contributed by atoms with van der Waals surface area (Å²) in [6.45, 7) is 3.89. The van der Waals surface area contributed by atoms with Gasteiger partial charge in [0.2, 0.25) is 5.95 Å². The summed E-state index contributed by atoms with van der Waals surface area (Å²) in [7, 11) is 1.67. The van der Waals surface area contributed by atoms with Crippen LogP contribution in [0.25, 0.3) is 0 Å². The summed E-state index contributed by atoms with van der Waals surface area (Å²) in [6.07, 6.45) is 0.753. The van der Waals surface area contributed by atoms with E-state index in [1.54, 1.807) is 7.11 Å². The van der Waals surface area contributed by atoms with Gasteiger partial charge in [0.15, 0.2) is 0 Å². The molecular weight excluding hydrogens is 254 g/mol. The van der Waals surface area contributed by atoms with Crippen molar-refractivity contribution >= 4 is 5.95 Å². The van der Waals surface area contributed by atoms with Gasteiger partial charge in [0.1, 0.15) is 11.6 Å². The van der Waals surface area contributed by atoms with E-state index >= 15 is 0 Å². The van der Waals surface area contributed by atoms with Crippen LogP contribution in [0, 0.1) is 0 Å². The van der Waals surface area contributed by atoms with E-state index in [1.807, 2.05) is 24.3 Å². The average Bonchev–Trinajstić information content (AvgIpc) is 2.97. The van der Waals surface area contributed by atoms with Crippen LogP contribution in [0.5, 0.6) is 5.75 Å². The van der Waals surface area contributed by atoms with Crippen LogP contribution < -0.4 is 15.0 Å². The highest BCUT2D eigenvalue weighted by Crippen LogP contribution is 2.14. The molecule has 2 aromatic rings. The standard InChI is InChI=1S/C14H19N5O/c1-20-12-4-2-11(3-5-12)10-13-16-14(18-17-13)19-8-6-15-7-9-19/h2-5,15H,6-10H2,1H3,(H,16,17,18). The predicted molar refractivity (Wildman–Crippen MR) is 77.3 cm³/mol. The first-order valence-corrected chi connectivity index (χ1v) is 6.85. The van der Waals surface area contributed by atoms with Gasteiger partial charge in [-0.05, 0) is 17.7 Å². The summed E-state index contributed by atoms with van der Waals surface area (Å²) < 4.78 is 5.15. The Morgan fingerprint density at radius 2 is 1.95 bits per heavy atom. The van der Waals surface area contributed by atoms with Crippen molar-refractivity contribution in [2.45, 2.75) is 6.42 Å². The molecule has 2 heterocycles. The molecule has 1 aromatic carbocycles. The molecule has 0 amide bonds. The van der Waals surface area contributed by atoms with Gasteiger partial charge in [-0.1, -0.05) is 12.1 Å². The van der Waals surface area contributed by atoms with Crippen LogP contribution in [-0.2, 0) is 6.42 Å². The molecule has 1 aliphatic heterocycles. The lowest BCUT2D eigenvalue weighted by molar-refractivity contribution is 0.414. The van der Waals surface area contributed by atoms with E-state index in [0.717, 1.165) is 50.1 Å². The van der Waals surface area contributed by atoms with Gasteiger partial charge in [-0.3, -0.25) is 5.10 Å². The van der Waals surface area contributed by atoms with Gasteiger partial charge in [-0.25, -0.2) is 0 Å². The van der Waals surface area contributed by atoms with Crippen molar-refractivity contribution in [2.24, 2.45) is 0 Å². The Morgan fingerprint density at radius 1 is 1.20 bits per heavy atom. The summed E-state index contributed by atoms with van der Waals surface area (Å²) in [6, 6.07) is 8.02. The highest BCUT2D eigenvalue weighted by Gasteiger charge is 2.14. The Bertz CT molecular complexity index is 545. The predicted octanol–water partition coefficient (Wildman–Crippen LogP) is 0.814.